The maximum atomic E-state index is 11.2. The molecule has 0 N–H and O–H groups in total. The average molecular weight is 246 g/mol. The first-order valence-corrected chi connectivity index (χ1v) is 5.05. The molecule has 0 saturated carbocycles. The lowest BCUT2D eigenvalue weighted by atomic mass is 10.2. The third-order valence-electron chi connectivity index (χ3n) is 1.56. The summed E-state index contributed by atoms with van der Waals surface area (Å²) in [5.41, 5.74) is 0.581. The molecular weight excluding hydrogens is 237 g/mol. The molecule has 0 aromatic carbocycles. The Labute approximate surface area is 97.7 Å². The summed E-state index contributed by atoms with van der Waals surface area (Å²) in [4.78, 5) is 15.1. The van der Waals surface area contributed by atoms with Gasteiger partial charge < -0.3 is 4.74 Å². The average Bonchev–Trinajstić information content (AvgIpc) is 2.28. The third-order valence-corrected chi connectivity index (χ3v) is 2.41. The first-order chi connectivity index (χ1) is 7.16. The molecule has 0 aliphatic carbocycles. The molecule has 1 heterocycles. The molecule has 80 valence electrons. The Kier molecular flexibility index (Phi) is 4.59. The molecule has 0 bridgehead atoms. The van der Waals surface area contributed by atoms with Crippen LogP contribution in [0.15, 0.2) is 29.6 Å². The number of rotatable bonds is 3. The molecule has 0 amide bonds. The zero-order valence-electron chi connectivity index (χ0n) is 8.04. The molecule has 5 heteroatoms. The Balaban J connectivity index is 2.95. The maximum Gasteiger partial charge on any atom is 0.351 e. The van der Waals surface area contributed by atoms with E-state index in [2.05, 4.69) is 4.98 Å². The number of esters is 1. The van der Waals surface area contributed by atoms with Crippen molar-refractivity contribution in [2.75, 3.05) is 6.61 Å². The summed E-state index contributed by atoms with van der Waals surface area (Å²) >= 11 is 11.6. The Hall–Kier alpha value is -1.06. The SMILES string of the molecule is CCOC(=O)C(Cl)=C(Cl)c1cccnc1. The van der Waals surface area contributed by atoms with Gasteiger partial charge in [0.05, 0.1) is 11.6 Å². The van der Waals surface area contributed by atoms with Crippen LogP contribution in [-0.4, -0.2) is 17.6 Å². The van der Waals surface area contributed by atoms with E-state index in [1.54, 1.807) is 25.3 Å². The minimum atomic E-state index is -0.631. The van der Waals surface area contributed by atoms with Gasteiger partial charge in [0.2, 0.25) is 0 Å². The van der Waals surface area contributed by atoms with Crippen molar-refractivity contribution in [2.45, 2.75) is 6.92 Å². The minimum absolute atomic E-state index is 0.133. The highest BCUT2D eigenvalue weighted by atomic mass is 35.5. The Morgan fingerprint density at radius 3 is 2.80 bits per heavy atom. The van der Waals surface area contributed by atoms with Crippen LogP contribution in [0.1, 0.15) is 12.5 Å². The van der Waals surface area contributed by atoms with E-state index >= 15 is 0 Å². The summed E-state index contributed by atoms with van der Waals surface area (Å²) < 4.78 is 4.71. The number of nitrogens with zero attached hydrogens (tertiary/aromatic N) is 1. The zero-order chi connectivity index (χ0) is 11.3. The predicted octanol–water partition coefficient (Wildman–Crippen LogP) is 2.79. The highest BCUT2D eigenvalue weighted by molar-refractivity contribution is 6.59. The number of aromatic nitrogens is 1. The van der Waals surface area contributed by atoms with Gasteiger partial charge in [-0.15, -0.1) is 0 Å². The molecule has 0 radical (unpaired) electrons. The fourth-order valence-electron chi connectivity index (χ4n) is 0.903. The molecule has 0 aliphatic rings. The lowest BCUT2D eigenvalue weighted by Crippen LogP contribution is -2.04. The monoisotopic (exact) mass is 245 g/mol. The van der Waals surface area contributed by atoms with Crippen molar-refractivity contribution < 1.29 is 9.53 Å². The quantitative estimate of drug-likeness (QED) is 0.608. The highest BCUT2D eigenvalue weighted by Gasteiger charge is 2.14. The maximum absolute atomic E-state index is 11.2. The number of carbonyl (C=O) groups is 1. The number of carbonyl (C=O) groups excluding carboxylic acids is 1. The Morgan fingerprint density at radius 2 is 2.27 bits per heavy atom. The van der Waals surface area contributed by atoms with E-state index in [-0.39, 0.29) is 16.7 Å². The molecule has 3 nitrogen and oxygen atoms in total. The van der Waals surface area contributed by atoms with Gasteiger partial charge in [-0.25, -0.2) is 4.79 Å². The first kappa shape index (κ1) is 12.0. The molecule has 0 saturated heterocycles. The second kappa shape index (κ2) is 5.73. The van der Waals surface area contributed by atoms with Crippen molar-refractivity contribution >= 4 is 34.2 Å². The zero-order valence-corrected chi connectivity index (χ0v) is 9.55. The fourth-order valence-corrected chi connectivity index (χ4v) is 1.26. The lowest BCUT2D eigenvalue weighted by molar-refractivity contribution is -0.137. The van der Waals surface area contributed by atoms with E-state index in [1.165, 1.54) is 6.20 Å². The van der Waals surface area contributed by atoms with Crippen LogP contribution in [0.2, 0.25) is 0 Å². The van der Waals surface area contributed by atoms with E-state index < -0.39 is 5.97 Å². The van der Waals surface area contributed by atoms with Gasteiger partial charge in [0.1, 0.15) is 5.03 Å². The van der Waals surface area contributed by atoms with Crippen molar-refractivity contribution in [3.63, 3.8) is 0 Å². The standard InChI is InChI=1S/C10H9Cl2NO2/c1-2-15-10(14)9(12)8(11)7-4-3-5-13-6-7/h3-6H,2H2,1H3. The van der Waals surface area contributed by atoms with E-state index in [0.29, 0.717) is 5.56 Å². The second-order valence-corrected chi connectivity index (χ2v) is 3.35. The Bertz CT molecular complexity index is 376. The number of ether oxygens (including phenoxy) is 1. The van der Waals surface area contributed by atoms with E-state index in [4.69, 9.17) is 27.9 Å². The van der Waals surface area contributed by atoms with Crippen LogP contribution in [0.25, 0.3) is 5.03 Å². The molecule has 1 aromatic rings. The van der Waals surface area contributed by atoms with Gasteiger partial charge in [0.15, 0.2) is 0 Å². The van der Waals surface area contributed by atoms with Crippen LogP contribution in [0, 0.1) is 0 Å². The van der Waals surface area contributed by atoms with E-state index in [1.807, 2.05) is 0 Å². The fraction of sp³-hybridized carbons (Fsp3) is 0.200. The second-order valence-electron chi connectivity index (χ2n) is 2.59. The molecule has 1 aromatic heterocycles. The first-order valence-electron chi connectivity index (χ1n) is 4.29. The van der Waals surface area contributed by atoms with Crippen LogP contribution >= 0.6 is 23.2 Å². The number of pyridine rings is 1. The Morgan fingerprint density at radius 1 is 1.53 bits per heavy atom. The minimum Gasteiger partial charge on any atom is -0.462 e. The largest absolute Gasteiger partial charge is 0.462 e. The lowest BCUT2D eigenvalue weighted by Gasteiger charge is -2.03. The van der Waals surface area contributed by atoms with Crippen molar-refractivity contribution in [1.29, 1.82) is 0 Å². The normalized spacial score (nSPS) is 11.9. The molecule has 0 fully saturated rings. The van der Waals surface area contributed by atoms with Crippen molar-refractivity contribution in [2.24, 2.45) is 0 Å². The van der Waals surface area contributed by atoms with Gasteiger partial charge in [-0.2, -0.15) is 0 Å². The summed E-state index contributed by atoms with van der Waals surface area (Å²) in [6, 6.07) is 3.41. The summed E-state index contributed by atoms with van der Waals surface area (Å²) in [5.74, 6) is -0.631. The summed E-state index contributed by atoms with van der Waals surface area (Å²) in [5, 5.41) is 0.00901. The topological polar surface area (TPSA) is 39.2 Å². The third kappa shape index (κ3) is 3.22. The number of hydrogen-bond acceptors (Lipinski definition) is 3. The molecule has 15 heavy (non-hydrogen) atoms. The summed E-state index contributed by atoms with van der Waals surface area (Å²) in [7, 11) is 0. The molecule has 0 aliphatic heterocycles. The van der Waals surface area contributed by atoms with Crippen LogP contribution in [-0.2, 0) is 9.53 Å². The molecular formula is C10H9Cl2NO2. The summed E-state index contributed by atoms with van der Waals surface area (Å²) in [6.07, 6.45) is 3.12. The van der Waals surface area contributed by atoms with Crippen LogP contribution in [0.3, 0.4) is 0 Å². The molecule has 0 unspecified atom stereocenters. The van der Waals surface area contributed by atoms with Gasteiger partial charge in [-0.05, 0) is 13.0 Å². The van der Waals surface area contributed by atoms with Crippen molar-refractivity contribution in [3.8, 4) is 0 Å². The van der Waals surface area contributed by atoms with Gasteiger partial charge >= 0.3 is 5.97 Å². The van der Waals surface area contributed by atoms with Crippen molar-refractivity contribution in [1.82, 2.24) is 4.98 Å². The van der Waals surface area contributed by atoms with Crippen molar-refractivity contribution in [3.05, 3.63) is 35.1 Å². The smallest absolute Gasteiger partial charge is 0.351 e. The predicted molar refractivity (Wildman–Crippen MR) is 59.5 cm³/mol. The van der Waals surface area contributed by atoms with Gasteiger partial charge in [-0.1, -0.05) is 29.3 Å². The highest BCUT2D eigenvalue weighted by Crippen LogP contribution is 2.25. The molecule has 0 atom stereocenters. The van der Waals surface area contributed by atoms with E-state index in [9.17, 15) is 4.79 Å². The van der Waals surface area contributed by atoms with E-state index in [0.717, 1.165) is 0 Å². The summed E-state index contributed by atoms with van der Waals surface area (Å²) in [6.45, 7) is 1.95. The van der Waals surface area contributed by atoms with Gasteiger partial charge in [-0.3, -0.25) is 4.98 Å². The molecule has 0 spiro atoms. The number of halogens is 2. The number of hydrogen-bond donors (Lipinski definition) is 0. The van der Waals surface area contributed by atoms with Crippen LogP contribution < -0.4 is 0 Å². The van der Waals surface area contributed by atoms with Gasteiger partial charge in [0, 0.05) is 18.0 Å². The van der Waals surface area contributed by atoms with Crippen LogP contribution in [0.4, 0.5) is 0 Å². The molecule has 1 rings (SSSR count). The van der Waals surface area contributed by atoms with Crippen LogP contribution in [0.5, 0.6) is 0 Å². The van der Waals surface area contributed by atoms with Gasteiger partial charge in [0.25, 0.3) is 0 Å².